The fourth-order valence-electron chi connectivity index (χ4n) is 3.69. The van der Waals surface area contributed by atoms with E-state index in [2.05, 4.69) is 0 Å². The third-order valence-corrected chi connectivity index (χ3v) is 5.14. The lowest BCUT2D eigenvalue weighted by Crippen LogP contribution is -2.46. The smallest absolute Gasteiger partial charge is 0.290 e. The van der Waals surface area contributed by atoms with E-state index in [-0.39, 0.29) is 18.1 Å². The standard InChI is InChI=1S/C23H20N2O4/c1-16(17-9-4-2-5-10-17)24(23(28)20-13-8-14-29-20)19-15-21(26)25(22(19)27)18-11-6-3-7-12-18/h2-14,16,19H,15H2,1H3. The quantitative estimate of drug-likeness (QED) is 0.623. The Kier molecular flexibility index (Phi) is 4.99. The predicted octanol–water partition coefficient (Wildman–Crippen LogP) is 3.82. The highest BCUT2D eigenvalue weighted by molar-refractivity contribution is 6.23. The first-order valence-electron chi connectivity index (χ1n) is 9.41. The Morgan fingerprint density at radius 1 is 1.00 bits per heavy atom. The van der Waals surface area contributed by atoms with Crippen molar-refractivity contribution in [3.8, 4) is 0 Å². The SMILES string of the molecule is CC(c1ccccc1)N(C(=O)c1ccco1)C1CC(=O)N(c2ccccc2)C1=O. The molecule has 1 fully saturated rings. The number of anilines is 1. The van der Waals surface area contributed by atoms with E-state index in [1.807, 2.05) is 43.3 Å². The fourth-order valence-corrected chi connectivity index (χ4v) is 3.69. The highest BCUT2D eigenvalue weighted by Gasteiger charge is 2.46. The highest BCUT2D eigenvalue weighted by Crippen LogP contribution is 2.32. The van der Waals surface area contributed by atoms with E-state index < -0.39 is 23.9 Å². The third-order valence-electron chi connectivity index (χ3n) is 5.14. The Labute approximate surface area is 168 Å². The average Bonchev–Trinajstić information content (AvgIpc) is 3.38. The second-order valence-electron chi connectivity index (χ2n) is 6.90. The van der Waals surface area contributed by atoms with E-state index in [0.29, 0.717) is 5.69 Å². The number of furan rings is 1. The molecule has 0 spiro atoms. The lowest BCUT2D eigenvalue weighted by molar-refractivity contribution is -0.123. The molecule has 0 bridgehead atoms. The number of carbonyl (C=O) groups excluding carboxylic acids is 3. The molecule has 29 heavy (non-hydrogen) atoms. The van der Waals surface area contributed by atoms with Gasteiger partial charge in [0.2, 0.25) is 5.91 Å². The molecule has 0 saturated carbocycles. The highest BCUT2D eigenvalue weighted by atomic mass is 16.3. The number of para-hydroxylation sites is 1. The number of hydrogen-bond acceptors (Lipinski definition) is 4. The Balaban J connectivity index is 1.72. The summed E-state index contributed by atoms with van der Waals surface area (Å²) in [5.74, 6) is -1.04. The molecule has 1 saturated heterocycles. The van der Waals surface area contributed by atoms with Crippen LogP contribution in [0.25, 0.3) is 0 Å². The zero-order valence-electron chi connectivity index (χ0n) is 15.9. The van der Waals surface area contributed by atoms with E-state index in [1.165, 1.54) is 11.2 Å². The molecule has 146 valence electrons. The van der Waals surface area contributed by atoms with Crippen molar-refractivity contribution in [1.82, 2.24) is 4.90 Å². The molecule has 2 atom stereocenters. The van der Waals surface area contributed by atoms with Crippen LogP contribution in [0.4, 0.5) is 5.69 Å². The Morgan fingerprint density at radius 3 is 2.28 bits per heavy atom. The van der Waals surface area contributed by atoms with Crippen molar-refractivity contribution >= 4 is 23.4 Å². The van der Waals surface area contributed by atoms with Crippen LogP contribution in [0.5, 0.6) is 0 Å². The van der Waals surface area contributed by atoms with Crippen molar-refractivity contribution in [3.05, 3.63) is 90.4 Å². The number of carbonyl (C=O) groups is 3. The number of imide groups is 1. The summed E-state index contributed by atoms with van der Waals surface area (Å²) >= 11 is 0. The van der Waals surface area contributed by atoms with Crippen LogP contribution < -0.4 is 4.90 Å². The monoisotopic (exact) mass is 388 g/mol. The van der Waals surface area contributed by atoms with Crippen LogP contribution in [0.1, 0.15) is 35.5 Å². The lowest BCUT2D eigenvalue weighted by Gasteiger charge is -2.33. The normalized spacial score (nSPS) is 17.4. The number of hydrogen-bond donors (Lipinski definition) is 0. The van der Waals surface area contributed by atoms with Crippen molar-refractivity contribution in [2.45, 2.75) is 25.4 Å². The van der Waals surface area contributed by atoms with E-state index in [4.69, 9.17) is 4.42 Å². The molecule has 1 aliphatic rings. The molecule has 0 radical (unpaired) electrons. The van der Waals surface area contributed by atoms with Gasteiger partial charge in [0.25, 0.3) is 11.8 Å². The van der Waals surface area contributed by atoms with E-state index in [1.54, 1.807) is 36.4 Å². The molecular formula is C23H20N2O4. The molecule has 4 rings (SSSR count). The minimum atomic E-state index is -0.907. The van der Waals surface area contributed by atoms with E-state index >= 15 is 0 Å². The van der Waals surface area contributed by atoms with Gasteiger partial charge in [-0.2, -0.15) is 0 Å². The van der Waals surface area contributed by atoms with Gasteiger partial charge < -0.3 is 9.32 Å². The van der Waals surface area contributed by atoms with Crippen molar-refractivity contribution in [1.29, 1.82) is 0 Å². The fraction of sp³-hybridized carbons (Fsp3) is 0.174. The van der Waals surface area contributed by atoms with E-state index in [9.17, 15) is 14.4 Å². The van der Waals surface area contributed by atoms with Crippen LogP contribution in [-0.4, -0.2) is 28.7 Å². The summed E-state index contributed by atoms with van der Waals surface area (Å²) in [4.78, 5) is 41.8. The first kappa shape index (κ1) is 18.7. The van der Waals surface area contributed by atoms with Gasteiger partial charge in [-0.05, 0) is 36.8 Å². The average molecular weight is 388 g/mol. The summed E-state index contributed by atoms with van der Waals surface area (Å²) in [6.45, 7) is 1.85. The zero-order valence-corrected chi connectivity index (χ0v) is 15.9. The van der Waals surface area contributed by atoms with Crippen molar-refractivity contribution in [3.63, 3.8) is 0 Å². The Morgan fingerprint density at radius 2 is 1.66 bits per heavy atom. The third kappa shape index (κ3) is 3.45. The number of rotatable bonds is 5. The summed E-state index contributed by atoms with van der Waals surface area (Å²) < 4.78 is 5.29. The molecule has 2 aromatic carbocycles. The Hall–Kier alpha value is -3.67. The molecule has 6 heteroatoms. The van der Waals surface area contributed by atoms with Gasteiger partial charge >= 0.3 is 0 Å². The maximum absolute atomic E-state index is 13.3. The van der Waals surface area contributed by atoms with Gasteiger partial charge in [-0.3, -0.25) is 14.4 Å². The summed E-state index contributed by atoms with van der Waals surface area (Å²) in [6, 6.07) is 20.0. The molecule has 6 nitrogen and oxygen atoms in total. The number of amides is 3. The molecule has 2 unspecified atom stereocenters. The molecule has 3 aromatic rings. The van der Waals surface area contributed by atoms with Crippen LogP contribution in [0.2, 0.25) is 0 Å². The maximum atomic E-state index is 13.3. The van der Waals surface area contributed by atoms with Gasteiger partial charge in [-0.15, -0.1) is 0 Å². The summed E-state index contributed by atoms with van der Waals surface area (Å²) in [7, 11) is 0. The van der Waals surface area contributed by atoms with Crippen LogP contribution in [0, 0.1) is 0 Å². The van der Waals surface area contributed by atoms with Crippen molar-refractivity contribution < 1.29 is 18.8 Å². The number of benzene rings is 2. The topological polar surface area (TPSA) is 70.8 Å². The molecule has 3 amide bonds. The van der Waals surface area contributed by atoms with Crippen molar-refractivity contribution in [2.24, 2.45) is 0 Å². The van der Waals surface area contributed by atoms with Gasteiger partial charge in [-0.1, -0.05) is 48.5 Å². The van der Waals surface area contributed by atoms with Gasteiger partial charge in [0.15, 0.2) is 5.76 Å². The molecule has 2 heterocycles. The first-order valence-corrected chi connectivity index (χ1v) is 9.41. The van der Waals surface area contributed by atoms with Gasteiger partial charge in [0.05, 0.1) is 24.4 Å². The second-order valence-corrected chi connectivity index (χ2v) is 6.90. The predicted molar refractivity (Wildman–Crippen MR) is 107 cm³/mol. The second kappa shape index (κ2) is 7.75. The molecule has 1 aromatic heterocycles. The molecule has 0 N–H and O–H groups in total. The summed E-state index contributed by atoms with van der Waals surface area (Å²) in [6.07, 6.45) is 1.34. The van der Waals surface area contributed by atoms with Crippen LogP contribution in [-0.2, 0) is 9.59 Å². The van der Waals surface area contributed by atoms with Gasteiger partial charge in [0, 0.05) is 0 Å². The summed E-state index contributed by atoms with van der Waals surface area (Å²) in [5.41, 5.74) is 1.37. The van der Waals surface area contributed by atoms with Gasteiger partial charge in [-0.25, -0.2) is 4.90 Å². The first-order chi connectivity index (χ1) is 14.1. The largest absolute Gasteiger partial charge is 0.459 e. The lowest BCUT2D eigenvalue weighted by atomic mass is 10.0. The maximum Gasteiger partial charge on any atom is 0.290 e. The molecule has 1 aliphatic heterocycles. The molecule has 0 aliphatic carbocycles. The number of nitrogens with zero attached hydrogens (tertiary/aromatic N) is 2. The molecular weight excluding hydrogens is 368 g/mol. The van der Waals surface area contributed by atoms with Crippen LogP contribution in [0.3, 0.4) is 0 Å². The summed E-state index contributed by atoms with van der Waals surface area (Å²) in [5, 5.41) is 0. The van der Waals surface area contributed by atoms with Crippen LogP contribution >= 0.6 is 0 Å². The Bertz CT molecular complexity index is 1020. The van der Waals surface area contributed by atoms with Crippen LogP contribution in [0.15, 0.2) is 83.5 Å². The van der Waals surface area contributed by atoms with Crippen molar-refractivity contribution in [2.75, 3.05) is 4.90 Å². The van der Waals surface area contributed by atoms with E-state index in [0.717, 1.165) is 10.5 Å². The zero-order chi connectivity index (χ0) is 20.4. The van der Waals surface area contributed by atoms with Gasteiger partial charge in [0.1, 0.15) is 6.04 Å². The minimum absolute atomic E-state index is 0.0721. The minimum Gasteiger partial charge on any atom is -0.459 e.